The van der Waals surface area contributed by atoms with Crippen molar-refractivity contribution in [3.05, 3.63) is 51.0 Å². The summed E-state index contributed by atoms with van der Waals surface area (Å²) in [6.45, 7) is 3.53. The van der Waals surface area contributed by atoms with Gasteiger partial charge in [0.2, 0.25) is 0 Å². The SMILES string of the molecule is CCOC(=O)CC1=NC(SC)N(N)C(Oc2cc(C)cc(C(=O)N(C)C)c2)=C1[N+](=O)[O-]. The summed E-state index contributed by atoms with van der Waals surface area (Å²) in [6, 6.07) is 4.77. The number of aliphatic imine (C=N–C) groups is 1. The molecule has 0 fully saturated rings. The van der Waals surface area contributed by atoms with Gasteiger partial charge in [-0.3, -0.25) is 19.7 Å². The number of nitro groups is 1. The smallest absolute Gasteiger partial charge is 0.352 e. The summed E-state index contributed by atoms with van der Waals surface area (Å²) in [5.74, 6) is 5.07. The van der Waals surface area contributed by atoms with Crippen LogP contribution in [0.25, 0.3) is 0 Å². The van der Waals surface area contributed by atoms with Gasteiger partial charge in [-0.1, -0.05) is 0 Å². The van der Waals surface area contributed by atoms with Crippen LogP contribution in [0.2, 0.25) is 0 Å². The van der Waals surface area contributed by atoms with Gasteiger partial charge in [-0.25, -0.2) is 15.8 Å². The molecular formula is C19H25N5O6S. The Morgan fingerprint density at radius 2 is 2.03 bits per heavy atom. The number of benzene rings is 1. The molecule has 0 saturated carbocycles. The molecule has 1 atom stereocenters. The van der Waals surface area contributed by atoms with Crippen LogP contribution in [0.1, 0.15) is 29.3 Å². The van der Waals surface area contributed by atoms with E-state index in [0.717, 1.165) is 5.01 Å². The van der Waals surface area contributed by atoms with E-state index in [1.54, 1.807) is 46.3 Å². The van der Waals surface area contributed by atoms with Crippen LogP contribution in [0, 0.1) is 17.0 Å². The minimum absolute atomic E-state index is 0.100. The molecule has 2 N–H and O–H groups in total. The van der Waals surface area contributed by atoms with Gasteiger partial charge >= 0.3 is 11.7 Å². The molecule has 0 aliphatic carbocycles. The van der Waals surface area contributed by atoms with E-state index in [4.69, 9.17) is 15.3 Å². The molecule has 1 heterocycles. The maximum atomic E-state index is 12.4. The van der Waals surface area contributed by atoms with Crippen LogP contribution in [0.15, 0.2) is 34.8 Å². The van der Waals surface area contributed by atoms with Gasteiger partial charge in [0.1, 0.15) is 11.5 Å². The molecule has 1 aliphatic heterocycles. The molecule has 0 spiro atoms. The minimum Gasteiger partial charge on any atom is -0.466 e. The predicted molar refractivity (Wildman–Crippen MR) is 116 cm³/mol. The van der Waals surface area contributed by atoms with Crippen molar-refractivity contribution >= 4 is 29.4 Å². The van der Waals surface area contributed by atoms with E-state index in [2.05, 4.69) is 4.99 Å². The fourth-order valence-electron chi connectivity index (χ4n) is 2.83. The summed E-state index contributed by atoms with van der Waals surface area (Å²) in [5, 5.41) is 12.9. The normalized spacial score (nSPS) is 16.0. The number of allylic oxidation sites excluding steroid dienone is 1. The van der Waals surface area contributed by atoms with Crippen LogP contribution in [-0.2, 0) is 9.53 Å². The van der Waals surface area contributed by atoms with Crippen molar-refractivity contribution in [2.45, 2.75) is 25.8 Å². The molecule has 1 aliphatic rings. The van der Waals surface area contributed by atoms with Crippen LogP contribution < -0.4 is 10.6 Å². The minimum atomic E-state index is -0.754. The largest absolute Gasteiger partial charge is 0.466 e. The van der Waals surface area contributed by atoms with E-state index in [1.165, 1.54) is 22.7 Å². The highest BCUT2D eigenvalue weighted by molar-refractivity contribution is 7.99. The average Bonchev–Trinajstić information content (AvgIpc) is 2.68. The zero-order valence-electron chi connectivity index (χ0n) is 17.9. The lowest BCUT2D eigenvalue weighted by molar-refractivity contribution is -0.419. The first-order valence-corrected chi connectivity index (χ1v) is 10.6. The number of nitrogens with two attached hydrogens (primary N) is 1. The van der Waals surface area contributed by atoms with Gasteiger partial charge < -0.3 is 14.4 Å². The molecule has 1 amide bonds. The first-order valence-electron chi connectivity index (χ1n) is 9.28. The quantitative estimate of drug-likeness (QED) is 0.271. The summed E-state index contributed by atoms with van der Waals surface area (Å²) >= 11 is 1.20. The summed E-state index contributed by atoms with van der Waals surface area (Å²) in [6.07, 6.45) is 1.31. The Hall–Kier alpha value is -3.12. The number of thioether (sulfide) groups is 1. The standard InChI is InChI=1S/C19H25N5O6S/c1-6-29-15(25)10-14-16(24(27)28)18(23(20)19(21-14)31-5)30-13-8-11(2)7-12(9-13)17(26)22(3)4/h7-9,19H,6,10,20H2,1-5H3. The number of carbonyl (C=O) groups is 2. The zero-order valence-corrected chi connectivity index (χ0v) is 18.8. The molecule has 168 valence electrons. The van der Waals surface area contributed by atoms with Gasteiger partial charge in [0.15, 0.2) is 5.50 Å². The number of carbonyl (C=O) groups excluding carboxylic acids is 2. The maximum Gasteiger partial charge on any atom is 0.352 e. The number of rotatable bonds is 8. The van der Waals surface area contributed by atoms with Crippen molar-refractivity contribution in [2.24, 2.45) is 10.8 Å². The van der Waals surface area contributed by atoms with Gasteiger partial charge in [-0.15, -0.1) is 11.8 Å². The number of hydrazine groups is 1. The molecule has 0 aromatic heterocycles. The molecule has 1 aromatic rings. The highest BCUT2D eigenvalue weighted by atomic mass is 32.2. The average molecular weight is 452 g/mol. The van der Waals surface area contributed by atoms with Gasteiger partial charge in [-0.05, 0) is 43.9 Å². The first-order chi connectivity index (χ1) is 14.6. The number of aryl methyl sites for hydroxylation is 1. The lowest BCUT2D eigenvalue weighted by Crippen LogP contribution is -2.45. The Balaban J connectivity index is 2.54. The van der Waals surface area contributed by atoms with Crippen molar-refractivity contribution in [2.75, 3.05) is 27.0 Å². The second-order valence-corrected chi connectivity index (χ2v) is 7.67. The van der Waals surface area contributed by atoms with Gasteiger partial charge in [-0.2, -0.15) is 0 Å². The molecule has 0 radical (unpaired) electrons. The lowest BCUT2D eigenvalue weighted by atomic mass is 10.1. The highest BCUT2D eigenvalue weighted by Crippen LogP contribution is 2.29. The monoisotopic (exact) mass is 451 g/mol. The molecule has 12 heteroatoms. The summed E-state index contributed by atoms with van der Waals surface area (Å²) in [7, 11) is 3.23. The number of hydrogen-bond acceptors (Lipinski definition) is 10. The van der Waals surface area contributed by atoms with Crippen molar-refractivity contribution < 1.29 is 24.0 Å². The number of amides is 1. The topological polar surface area (TPSA) is 141 Å². The third-order valence-corrected chi connectivity index (χ3v) is 4.90. The van der Waals surface area contributed by atoms with Crippen LogP contribution in [-0.4, -0.2) is 64.9 Å². The molecular weight excluding hydrogens is 426 g/mol. The van der Waals surface area contributed by atoms with Gasteiger partial charge in [0.05, 0.1) is 18.0 Å². The Morgan fingerprint density at radius 1 is 1.35 bits per heavy atom. The Labute approximate surface area is 184 Å². The predicted octanol–water partition coefficient (Wildman–Crippen LogP) is 1.75. The Kier molecular flexibility index (Phi) is 8.00. The second kappa shape index (κ2) is 10.3. The zero-order chi connectivity index (χ0) is 23.3. The summed E-state index contributed by atoms with van der Waals surface area (Å²) < 4.78 is 10.7. The van der Waals surface area contributed by atoms with Crippen molar-refractivity contribution in [3.63, 3.8) is 0 Å². The molecule has 0 saturated heterocycles. The fraction of sp³-hybridized carbons (Fsp3) is 0.421. The first kappa shape index (κ1) is 24.2. The van der Waals surface area contributed by atoms with Crippen LogP contribution in [0.4, 0.5) is 0 Å². The molecule has 1 aromatic carbocycles. The molecule has 0 bridgehead atoms. The van der Waals surface area contributed by atoms with E-state index in [1.807, 2.05) is 0 Å². The molecule has 2 rings (SSSR count). The van der Waals surface area contributed by atoms with Gasteiger partial charge in [0, 0.05) is 19.7 Å². The van der Waals surface area contributed by atoms with Crippen molar-refractivity contribution in [3.8, 4) is 5.75 Å². The number of esters is 1. The lowest BCUT2D eigenvalue weighted by Gasteiger charge is -2.30. The molecule has 11 nitrogen and oxygen atoms in total. The van der Waals surface area contributed by atoms with E-state index in [9.17, 15) is 19.7 Å². The van der Waals surface area contributed by atoms with Crippen molar-refractivity contribution in [1.82, 2.24) is 9.91 Å². The maximum absolute atomic E-state index is 12.4. The van der Waals surface area contributed by atoms with Crippen LogP contribution in [0.5, 0.6) is 5.75 Å². The Morgan fingerprint density at radius 3 is 2.58 bits per heavy atom. The number of ether oxygens (including phenoxy) is 2. The van der Waals surface area contributed by atoms with E-state index in [0.29, 0.717) is 11.1 Å². The van der Waals surface area contributed by atoms with E-state index in [-0.39, 0.29) is 29.9 Å². The summed E-state index contributed by atoms with van der Waals surface area (Å²) in [5.41, 5.74) is -0.327. The summed E-state index contributed by atoms with van der Waals surface area (Å²) in [4.78, 5) is 41.1. The third-order valence-electron chi connectivity index (χ3n) is 4.14. The third kappa shape index (κ3) is 5.73. The molecule has 1 unspecified atom stereocenters. The van der Waals surface area contributed by atoms with Crippen molar-refractivity contribution in [1.29, 1.82) is 0 Å². The number of nitrogens with zero attached hydrogens (tertiary/aromatic N) is 4. The van der Waals surface area contributed by atoms with Gasteiger partial charge in [0.25, 0.3) is 11.8 Å². The van der Waals surface area contributed by atoms with E-state index < -0.39 is 28.5 Å². The highest BCUT2D eigenvalue weighted by Gasteiger charge is 2.39. The number of hydrogen-bond donors (Lipinski definition) is 1. The Bertz CT molecular complexity index is 946. The van der Waals surface area contributed by atoms with Crippen LogP contribution >= 0.6 is 11.8 Å². The molecule has 31 heavy (non-hydrogen) atoms. The fourth-order valence-corrected chi connectivity index (χ4v) is 3.39. The van der Waals surface area contributed by atoms with Crippen LogP contribution in [0.3, 0.4) is 0 Å². The van der Waals surface area contributed by atoms with E-state index >= 15 is 0 Å². The second-order valence-electron chi connectivity index (χ2n) is 6.77.